The predicted octanol–water partition coefficient (Wildman–Crippen LogP) is 1.62. The maximum atomic E-state index is 10.2. The van der Waals surface area contributed by atoms with Gasteiger partial charge < -0.3 is 19.8 Å². The Morgan fingerprint density at radius 1 is 0.667 bits per heavy atom. The van der Waals surface area contributed by atoms with E-state index >= 15 is 0 Å². The van der Waals surface area contributed by atoms with Crippen LogP contribution in [-0.4, -0.2) is 11.9 Å². The first kappa shape index (κ1) is 20.0. The van der Waals surface area contributed by atoms with Gasteiger partial charge in [0.25, 0.3) is 0 Å². The molecular weight excluding hydrogens is 457 g/mol. The van der Waals surface area contributed by atoms with Gasteiger partial charge in [-0.05, 0) is 35.4 Å². The number of aromatic carboxylic acids is 2. The second kappa shape index (κ2) is 9.82. The first-order chi connectivity index (χ1) is 9.40. The van der Waals surface area contributed by atoms with Crippen LogP contribution >= 0.6 is 31.9 Å². The maximum Gasteiger partial charge on any atom is 2.00 e. The Labute approximate surface area is 151 Å². The number of benzene rings is 2. The van der Waals surface area contributed by atoms with Gasteiger partial charge in [0.1, 0.15) is 0 Å². The van der Waals surface area contributed by atoms with Crippen LogP contribution in [0.15, 0.2) is 57.5 Å². The van der Waals surface area contributed by atoms with E-state index in [-0.39, 0.29) is 30.6 Å². The average Bonchev–Trinajstić information content (AvgIpc) is 2.40. The Morgan fingerprint density at radius 2 is 0.905 bits per heavy atom. The van der Waals surface area contributed by atoms with Crippen LogP contribution in [0.25, 0.3) is 0 Å². The molecule has 0 spiro atoms. The summed E-state index contributed by atoms with van der Waals surface area (Å²) < 4.78 is 1.72. The summed E-state index contributed by atoms with van der Waals surface area (Å²) in [4.78, 5) is 20.4. The summed E-state index contributed by atoms with van der Waals surface area (Å²) in [5, 5.41) is 20.4. The number of carboxylic acids is 2. The Bertz CT molecular complexity index is 542. The van der Waals surface area contributed by atoms with Crippen molar-refractivity contribution in [2.45, 2.75) is 0 Å². The quantitative estimate of drug-likeness (QED) is 0.632. The minimum atomic E-state index is -1.15. The number of rotatable bonds is 2. The number of carbonyl (C=O) groups is 2. The Hall–Kier alpha value is -1.04. The minimum Gasteiger partial charge on any atom is -0.545 e. The zero-order valence-electron chi connectivity index (χ0n) is 10.7. The smallest absolute Gasteiger partial charge is 0.545 e. The van der Waals surface area contributed by atoms with E-state index in [1.165, 1.54) is 24.3 Å². The molecule has 0 aliphatic carbocycles. The molecule has 0 saturated carbocycles. The molecule has 0 fully saturated rings. The molecule has 4 nitrogen and oxygen atoms in total. The number of halogens is 2. The molecule has 0 amide bonds. The van der Waals surface area contributed by atoms with Crippen LogP contribution in [0.4, 0.5) is 0 Å². The van der Waals surface area contributed by atoms with Crippen molar-refractivity contribution in [3.8, 4) is 0 Å². The van der Waals surface area contributed by atoms with Crippen LogP contribution < -0.4 is 10.2 Å². The molecule has 0 unspecified atom stereocenters. The fraction of sp³-hybridized carbons (Fsp3) is 0. The number of carboxylic acid groups (broad SMARTS) is 2. The molecule has 0 aliphatic heterocycles. The van der Waals surface area contributed by atoms with Crippen LogP contribution in [0, 0.1) is 0 Å². The maximum absolute atomic E-state index is 10.2. The van der Waals surface area contributed by atoms with Crippen molar-refractivity contribution in [3.63, 3.8) is 0 Å². The summed E-state index contributed by atoms with van der Waals surface area (Å²) in [5.74, 6) is -2.29. The zero-order chi connectivity index (χ0) is 15.1. The van der Waals surface area contributed by atoms with E-state index in [2.05, 4.69) is 31.9 Å². The van der Waals surface area contributed by atoms with E-state index in [0.29, 0.717) is 0 Å². The second-order valence-electron chi connectivity index (χ2n) is 3.59. The molecule has 0 radical (unpaired) electrons. The van der Waals surface area contributed by atoms with Crippen LogP contribution in [0.5, 0.6) is 0 Å². The molecule has 0 heterocycles. The fourth-order valence-corrected chi connectivity index (χ4v) is 1.70. The van der Waals surface area contributed by atoms with Gasteiger partial charge in [-0.3, -0.25) is 0 Å². The summed E-state index contributed by atoms with van der Waals surface area (Å²) in [6.45, 7) is 0. The predicted molar refractivity (Wildman–Crippen MR) is 76.9 cm³/mol. The normalized spacial score (nSPS) is 8.86. The van der Waals surface area contributed by atoms with Crippen LogP contribution in [-0.2, 0) is 19.5 Å². The van der Waals surface area contributed by atoms with Crippen molar-refractivity contribution in [3.05, 3.63) is 68.6 Å². The Morgan fingerprint density at radius 3 is 1.10 bits per heavy atom. The zero-order valence-corrected chi connectivity index (χ0v) is 16.9. The summed E-state index contributed by atoms with van der Waals surface area (Å²) in [7, 11) is 0. The molecule has 0 aliphatic rings. The van der Waals surface area contributed by atoms with Crippen molar-refractivity contribution < 1.29 is 39.3 Å². The van der Waals surface area contributed by atoms with Crippen molar-refractivity contribution in [1.82, 2.24) is 0 Å². The Balaban J connectivity index is 0.000000364. The largest absolute Gasteiger partial charge is 2.00 e. The van der Waals surface area contributed by atoms with E-state index < -0.39 is 11.9 Å². The van der Waals surface area contributed by atoms with E-state index in [4.69, 9.17) is 0 Å². The average molecular weight is 465 g/mol. The summed E-state index contributed by atoms with van der Waals surface area (Å²) in [6, 6.07) is 12.6. The van der Waals surface area contributed by atoms with Gasteiger partial charge in [-0.2, -0.15) is 0 Å². The van der Waals surface area contributed by atoms with Gasteiger partial charge in [0.2, 0.25) is 0 Å². The van der Waals surface area contributed by atoms with Gasteiger partial charge in [-0.1, -0.05) is 56.1 Å². The van der Waals surface area contributed by atoms with Crippen molar-refractivity contribution in [2.75, 3.05) is 0 Å². The van der Waals surface area contributed by atoms with Crippen LogP contribution in [0.2, 0.25) is 0 Å². The number of hydrogen-bond donors (Lipinski definition) is 0. The number of carbonyl (C=O) groups excluding carboxylic acids is 2. The molecule has 21 heavy (non-hydrogen) atoms. The van der Waals surface area contributed by atoms with Crippen LogP contribution in [0.1, 0.15) is 20.7 Å². The standard InChI is InChI=1S/2C7H5BrO2.Zn/c2*8-6-3-1-5(2-4-6)7(9)10;/h2*1-4H,(H,9,10);/q;;+2/p-2. The van der Waals surface area contributed by atoms with E-state index in [1.807, 2.05) is 0 Å². The molecule has 2 aromatic carbocycles. The third-order valence-corrected chi connectivity index (χ3v) is 3.22. The third-order valence-electron chi connectivity index (χ3n) is 2.16. The van der Waals surface area contributed by atoms with E-state index in [1.54, 1.807) is 24.3 Å². The van der Waals surface area contributed by atoms with E-state index in [0.717, 1.165) is 8.95 Å². The van der Waals surface area contributed by atoms with Crippen molar-refractivity contribution >= 4 is 43.8 Å². The molecule has 0 atom stereocenters. The van der Waals surface area contributed by atoms with Crippen molar-refractivity contribution in [2.24, 2.45) is 0 Å². The van der Waals surface area contributed by atoms with Gasteiger partial charge in [0.05, 0.1) is 11.9 Å². The summed E-state index contributed by atoms with van der Waals surface area (Å²) >= 11 is 6.36. The topological polar surface area (TPSA) is 80.3 Å². The molecule has 0 saturated heterocycles. The van der Waals surface area contributed by atoms with Gasteiger partial charge in [-0.15, -0.1) is 0 Å². The SMILES string of the molecule is O=C([O-])c1ccc(Br)cc1.O=C([O-])c1ccc(Br)cc1.[Zn+2]. The first-order valence-corrected chi connectivity index (χ1v) is 6.92. The van der Waals surface area contributed by atoms with Gasteiger partial charge in [0, 0.05) is 8.95 Å². The monoisotopic (exact) mass is 462 g/mol. The molecule has 7 heteroatoms. The van der Waals surface area contributed by atoms with Crippen molar-refractivity contribution in [1.29, 1.82) is 0 Å². The summed E-state index contributed by atoms with van der Waals surface area (Å²) in [6.07, 6.45) is 0. The molecule has 104 valence electrons. The first-order valence-electron chi connectivity index (χ1n) is 5.34. The minimum absolute atomic E-state index is 0. The molecule has 0 bridgehead atoms. The summed E-state index contributed by atoms with van der Waals surface area (Å²) in [5.41, 5.74) is 0.395. The Kier molecular flexibility index (Phi) is 9.33. The van der Waals surface area contributed by atoms with Gasteiger partial charge in [-0.25, -0.2) is 0 Å². The second-order valence-corrected chi connectivity index (χ2v) is 5.42. The van der Waals surface area contributed by atoms with Gasteiger partial charge >= 0.3 is 19.5 Å². The molecule has 2 rings (SSSR count). The molecule has 0 N–H and O–H groups in total. The third kappa shape index (κ3) is 7.51. The van der Waals surface area contributed by atoms with Gasteiger partial charge in [0.15, 0.2) is 0 Å². The fourth-order valence-electron chi connectivity index (χ4n) is 1.17. The molecule has 2 aromatic rings. The molecule has 0 aromatic heterocycles. The van der Waals surface area contributed by atoms with E-state index in [9.17, 15) is 19.8 Å². The molecular formula is C14H8Br2O4Zn. The number of hydrogen-bond acceptors (Lipinski definition) is 4. The van der Waals surface area contributed by atoms with Crippen LogP contribution in [0.3, 0.4) is 0 Å².